The van der Waals surface area contributed by atoms with Crippen molar-refractivity contribution in [1.82, 2.24) is 5.48 Å². The molecule has 0 fully saturated rings. The van der Waals surface area contributed by atoms with Crippen LogP contribution in [-0.4, -0.2) is 42.2 Å². The minimum Gasteiger partial charge on any atom is -0.394 e. The van der Waals surface area contributed by atoms with Gasteiger partial charge in [-0.05, 0) is 29.8 Å². The maximum Gasteiger partial charge on any atom is 0.459 e. The summed E-state index contributed by atoms with van der Waals surface area (Å²) in [7, 11) is 0. The zero-order chi connectivity index (χ0) is 25.9. The van der Waals surface area contributed by atoms with Gasteiger partial charge in [-0.25, -0.2) is 18.7 Å². The van der Waals surface area contributed by atoms with Crippen molar-refractivity contribution in [3.05, 3.63) is 58.9 Å². The van der Waals surface area contributed by atoms with Gasteiger partial charge in [0.15, 0.2) is 11.6 Å². The molecule has 0 bridgehead atoms. The number of rotatable bonds is 9. The predicted octanol–water partition coefficient (Wildman–Crippen LogP) is 4.88. The molecule has 0 aliphatic heterocycles. The van der Waals surface area contributed by atoms with Crippen LogP contribution in [0.2, 0.25) is 0 Å². The first-order valence-electron chi connectivity index (χ1n) is 9.01. The highest BCUT2D eigenvalue weighted by atomic mass is 19.4. The third-order valence-electron chi connectivity index (χ3n) is 4.23. The molecule has 0 saturated heterocycles. The number of nitrogens with one attached hydrogen (secondary N) is 2. The van der Waals surface area contributed by atoms with Gasteiger partial charge in [-0.2, -0.15) is 30.7 Å². The van der Waals surface area contributed by atoms with E-state index in [4.69, 9.17) is 5.11 Å². The second-order valence-electron chi connectivity index (χ2n) is 6.68. The topological polar surface area (TPSA) is 70.6 Å². The predicted molar refractivity (Wildman–Crippen MR) is 96.2 cm³/mol. The smallest absolute Gasteiger partial charge is 0.394 e. The molecule has 0 aliphatic carbocycles. The lowest BCUT2D eigenvalue weighted by atomic mass is 10.0. The molecule has 0 spiro atoms. The van der Waals surface area contributed by atoms with E-state index in [1.54, 1.807) is 5.48 Å². The standard InChI is InChI=1S/C19H14F10N2O3/c20-11-3-2-10(16(33)31-34-6-5-32)15(14(11)22)30-13-4-1-9(7-12(13)21)8-17(23,24)18(25,26)19(27,28)29/h1-4,7,30,32H,5-6,8H2,(H,31,33). The van der Waals surface area contributed by atoms with Crippen LogP contribution in [0.25, 0.3) is 0 Å². The average molecular weight is 508 g/mol. The van der Waals surface area contributed by atoms with Crippen molar-refractivity contribution in [2.45, 2.75) is 24.4 Å². The normalized spacial score (nSPS) is 12.6. The molecule has 0 aromatic heterocycles. The Balaban J connectivity index is 2.33. The lowest BCUT2D eigenvalue weighted by Gasteiger charge is -2.28. The Bertz CT molecular complexity index is 1040. The van der Waals surface area contributed by atoms with Gasteiger partial charge in [-0.15, -0.1) is 0 Å². The molecule has 3 N–H and O–H groups in total. The molecule has 188 valence electrons. The Hall–Kier alpha value is -3.07. The zero-order valence-electron chi connectivity index (χ0n) is 16.6. The third-order valence-corrected chi connectivity index (χ3v) is 4.23. The summed E-state index contributed by atoms with van der Waals surface area (Å²) in [5.41, 5.74) is -1.51. The largest absolute Gasteiger partial charge is 0.459 e. The molecular weight excluding hydrogens is 494 g/mol. The molecule has 0 unspecified atom stereocenters. The minimum atomic E-state index is -6.57. The lowest BCUT2D eigenvalue weighted by molar-refractivity contribution is -0.354. The van der Waals surface area contributed by atoms with E-state index < -0.39 is 76.9 Å². The number of hydrogen-bond acceptors (Lipinski definition) is 4. The van der Waals surface area contributed by atoms with Gasteiger partial charge in [0.05, 0.1) is 30.2 Å². The first-order valence-corrected chi connectivity index (χ1v) is 9.01. The SMILES string of the molecule is O=C(NOCCO)c1ccc(F)c(F)c1Nc1ccc(CC(F)(F)C(F)(F)C(F)(F)F)cc1F. The van der Waals surface area contributed by atoms with Crippen molar-refractivity contribution in [1.29, 1.82) is 0 Å². The first-order chi connectivity index (χ1) is 15.6. The summed E-state index contributed by atoms with van der Waals surface area (Å²) in [5.74, 6) is -17.9. The van der Waals surface area contributed by atoms with Gasteiger partial charge < -0.3 is 10.4 Å². The van der Waals surface area contributed by atoms with Crippen molar-refractivity contribution in [3.8, 4) is 0 Å². The van der Waals surface area contributed by atoms with Crippen molar-refractivity contribution in [3.63, 3.8) is 0 Å². The fourth-order valence-electron chi connectivity index (χ4n) is 2.56. The highest BCUT2D eigenvalue weighted by Gasteiger charge is 2.72. The van der Waals surface area contributed by atoms with Crippen molar-refractivity contribution < 1.29 is 58.6 Å². The second-order valence-corrected chi connectivity index (χ2v) is 6.68. The van der Waals surface area contributed by atoms with Crippen LogP contribution < -0.4 is 10.8 Å². The van der Waals surface area contributed by atoms with Crippen LogP contribution in [0.1, 0.15) is 15.9 Å². The number of hydroxylamine groups is 1. The van der Waals surface area contributed by atoms with Crippen LogP contribution in [-0.2, 0) is 11.3 Å². The van der Waals surface area contributed by atoms with Gasteiger partial charge in [0.1, 0.15) is 5.82 Å². The molecule has 1 amide bonds. The van der Waals surface area contributed by atoms with E-state index in [-0.39, 0.29) is 12.7 Å². The van der Waals surface area contributed by atoms with Gasteiger partial charge in [0.2, 0.25) is 0 Å². The molecular formula is C19H14F10N2O3. The highest BCUT2D eigenvalue weighted by Crippen LogP contribution is 2.48. The Morgan fingerprint density at radius 3 is 2.15 bits per heavy atom. The maximum absolute atomic E-state index is 14.4. The summed E-state index contributed by atoms with van der Waals surface area (Å²) in [4.78, 5) is 16.6. The Morgan fingerprint density at radius 2 is 1.59 bits per heavy atom. The number of hydrogen-bond donors (Lipinski definition) is 3. The molecule has 0 radical (unpaired) electrons. The van der Waals surface area contributed by atoms with Crippen LogP contribution in [0.4, 0.5) is 55.3 Å². The van der Waals surface area contributed by atoms with Crippen molar-refractivity contribution in [2.24, 2.45) is 0 Å². The maximum atomic E-state index is 14.4. The number of halogens is 10. The number of carbonyl (C=O) groups excluding carboxylic acids is 1. The first kappa shape index (κ1) is 27.2. The van der Waals surface area contributed by atoms with Crippen LogP contribution in [0, 0.1) is 17.5 Å². The van der Waals surface area contributed by atoms with E-state index >= 15 is 0 Å². The quantitative estimate of drug-likeness (QED) is 0.257. The molecule has 5 nitrogen and oxygen atoms in total. The summed E-state index contributed by atoms with van der Waals surface area (Å²) in [6.07, 6.45) is -8.76. The second kappa shape index (κ2) is 10.0. The molecule has 2 aromatic rings. The van der Waals surface area contributed by atoms with E-state index in [9.17, 15) is 48.7 Å². The van der Waals surface area contributed by atoms with Crippen LogP contribution in [0.15, 0.2) is 30.3 Å². The van der Waals surface area contributed by atoms with E-state index in [1.807, 2.05) is 5.32 Å². The van der Waals surface area contributed by atoms with Gasteiger partial charge in [-0.1, -0.05) is 6.07 Å². The Morgan fingerprint density at radius 1 is 0.941 bits per heavy atom. The third kappa shape index (κ3) is 5.70. The number of alkyl halides is 7. The summed E-state index contributed by atoms with van der Waals surface area (Å²) in [6, 6.07) is 2.63. The summed E-state index contributed by atoms with van der Waals surface area (Å²) >= 11 is 0. The van der Waals surface area contributed by atoms with Crippen LogP contribution >= 0.6 is 0 Å². The summed E-state index contributed by atoms with van der Waals surface area (Å²) in [5, 5.41) is 10.6. The summed E-state index contributed by atoms with van der Waals surface area (Å²) in [6.45, 7) is -0.874. The number of amides is 1. The van der Waals surface area contributed by atoms with Crippen molar-refractivity contribution >= 4 is 17.3 Å². The van der Waals surface area contributed by atoms with Gasteiger partial charge in [0.25, 0.3) is 5.91 Å². The molecule has 0 aliphatic rings. The monoisotopic (exact) mass is 508 g/mol. The van der Waals surface area contributed by atoms with E-state index in [1.165, 1.54) is 0 Å². The fraction of sp³-hybridized carbons (Fsp3) is 0.316. The molecule has 0 heterocycles. The molecule has 0 atom stereocenters. The zero-order valence-corrected chi connectivity index (χ0v) is 16.6. The fourth-order valence-corrected chi connectivity index (χ4v) is 2.56. The average Bonchev–Trinajstić information content (AvgIpc) is 2.72. The van der Waals surface area contributed by atoms with Gasteiger partial charge >= 0.3 is 18.0 Å². The van der Waals surface area contributed by atoms with E-state index in [0.29, 0.717) is 18.2 Å². The van der Waals surface area contributed by atoms with Gasteiger partial charge in [0, 0.05) is 6.42 Å². The minimum absolute atomic E-state index is 0.185. The number of anilines is 2. The van der Waals surface area contributed by atoms with E-state index in [0.717, 1.165) is 6.07 Å². The van der Waals surface area contributed by atoms with Crippen LogP contribution in [0.3, 0.4) is 0 Å². The molecule has 2 rings (SSSR count). The van der Waals surface area contributed by atoms with Gasteiger partial charge in [-0.3, -0.25) is 9.63 Å². The Labute approximate surface area is 184 Å². The molecule has 0 saturated carbocycles. The Kier molecular flexibility index (Phi) is 8.03. The lowest BCUT2D eigenvalue weighted by Crippen LogP contribution is -2.53. The number of aliphatic hydroxyl groups is 1. The molecule has 2 aromatic carbocycles. The molecule has 15 heteroatoms. The number of benzene rings is 2. The number of carbonyl (C=O) groups is 1. The highest BCUT2D eigenvalue weighted by molar-refractivity contribution is 6.00. The number of aliphatic hydroxyl groups excluding tert-OH is 1. The van der Waals surface area contributed by atoms with Crippen molar-refractivity contribution in [2.75, 3.05) is 18.5 Å². The van der Waals surface area contributed by atoms with Crippen LogP contribution in [0.5, 0.6) is 0 Å². The van der Waals surface area contributed by atoms with E-state index in [2.05, 4.69) is 4.84 Å². The molecule has 34 heavy (non-hydrogen) atoms. The summed E-state index contributed by atoms with van der Waals surface area (Å²) < 4.78 is 132.